The van der Waals surface area contributed by atoms with E-state index in [2.05, 4.69) is 0 Å². The van der Waals surface area contributed by atoms with Gasteiger partial charge < -0.3 is 10.0 Å². The highest BCUT2D eigenvalue weighted by Crippen LogP contribution is 2.31. The van der Waals surface area contributed by atoms with Crippen LogP contribution in [0.5, 0.6) is 5.75 Å². The number of carbonyl (C=O) groups is 2. The minimum atomic E-state index is 0.0582. The molecule has 0 spiro atoms. The van der Waals surface area contributed by atoms with E-state index in [9.17, 15) is 14.7 Å². The van der Waals surface area contributed by atoms with Crippen LogP contribution in [-0.4, -0.2) is 28.4 Å². The van der Waals surface area contributed by atoms with Gasteiger partial charge in [0.1, 0.15) is 5.75 Å². The molecule has 1 heterocycles. The molecule has 19 heavy (non-hydrogen) atoms. The molecule has 0 aromatic heterocycles. The molecular formula is C14H17NO3S. The highest BCUT2D eigenvalue weighted by Gasteiger charge is 2.31. The fourth-order valence-corrected chi connectivity index (χ4v) is 2.94. The van der Waals surface area contributed by atoms with Gasteiger partial charge in [-0.15, -0.1) is 0 Å². The Morgan fingerprint density at radius 1 is 1.53 bits per heavy atom. The second-order valence-electron chi connectivity index (χ2n) is 4.85. The predicted octanol–water partition coefficient (Wildman–Crippen LogP) is 2.33. The van der Waals surface area contributed by atoms with Gasteiger partial charge in [0.15, 0.2) is 5.12 Å². The normalized spacial score (nSPS) is 18.9. The van der Waals surface area contributed by atoms with Crippen LogP contribution < -0.4 is 4.90 Å². The van der Waals surface area contributed by atoms with E-state index in [0.29, 0.717) is 18.7 Å². The van der Waals surface area contributed by atoms with Gasteiger partial charge in [-0.25, -0.2) is 0 Å². The number of nitrogens with zero attached hydrogens (tertiary/aromatic N) is 1. The topological polar surface area (TPSA) is 57.6 Å². The minimum Gasteiger partial charge on any atom is -0.508 e. The SMILES string of the molecule is CC(=O)SCC1CC(=O)N(c2cc(O)ccc2C)C1. The summed E-state index contributed by atoms with van der Waals surface area (Å²) in [6.07, 6.45) is 0.468. The van der Waals surface area contributed by atoms with Crippen LogP contribution in [0.4, 0.5) is 5.69 Å². The summed E-state index contributed by atoms with van der Waals surface area (Å²) in [6, 6.07) is 5.03. The molecular weight excluding hydrogens is 262 g/mol. The van der Waals surface area contributed by atoms with Crippen LogP contribution in [0.15, 0.2) is 18.2 Å². The van der Waals surface area contributed by atoms with Gasteiger partial charge >= 0.3 is 0 Å². The third kappa shape index (κ3) is 3.29. The molecule has 5 heteroatoms. The fraction of sp³-hybridized carbons (Fsp3) is 0.429. The van der Waals surface area contributed by atoms with Gasteiger partial charge in [0.25, 0.3) is 0 Å². The van der Waals surface area contributed by atoms with Crippen molar-refractivity contribution in [2.24, 2.45) is 5.92 Å². The average molecular weight is 279 g/mol. The summed E-state index contributed by atoms with van der Waals surface area (Å²) in [6.45, 7) is 4.07. The second-order valence-corrected chi connectivity index (χ2v) is 6.04. The van der Waals surface area contributed by atoms with Crippen molar-refractivity contribution in [1.29, 1.82) is 0 Å². The van der Waals surface area contributed by atoms with Crippen LogP contribution in [-0.2, 0) is 9.59 Å². The maximum atomic E-state index is 12.0. The predicted molar refractivity (Wildman–Crippen MR) is 76.4 cm³/mol. The van der Waals surface area contributed by atoms with E-state index in [1.54, 1.807) is 30.0 Å². The van der Waals surface area contributed by atoms with E-state index in [1.165, 1.54) is 11.8 Å². The molecule has 0 saturated carbocycles. The van der Waals surface area contributed by atoms with Crippen molar-refractivity contribution < 1.29 is 14.7 Å². The monoisotopic (exact) mass is 279 g/mol. The van der Waals surface area contributed by atoms with Crippen molar-refractivity contribution in [3.05, 3.63) is 23.8 Å². The Balaban J connectivity index is 2.11. The van der Waals surface area contributed by atoms with Crippen molar-refractivity contribution in [3.63, 3.8) is 0 Å². The summed E-state index contributed by atoms with van der Waals surface area (Å²) >= 11 is 1.27. The molecule has 1 saturated heterocycles. The van der Waals surface area contributed by atoms with Crippen molar-refractivity contribution in [1.82, 2.24) is 0 Å². The number of thioether (sulfide) groups is 1. The average Bonchev–Trinajstić information content (AvgIpc) is 2.71. The number of phenols is 1. The molecule has 1 aliphatic heterocycles. The van der Waals surface area contributed by atoms with Gasteiger partial charge in [-0.2, -0.15) is 0 Å². The van der Waals surface area contributed by atoms with Crippen molar-refractivity contribution in [3.8, 4) is 5.75 Å². The number of benzene rings is 1. The summed E-state index contributed by atoms with van der Waals surface area (Å²) in [4.78, 5) is 24.7. The summed E-state index contributed by atoms with van der Waals surface area (Å²) in [5, 5.41) is 9.62. The number of carbonyl (C=O) groups excluding carboxylic acids is 2. The van der Waals surface area contributed by atoms with E-state index in [0.717, 1.165) is 11.3 Å². The quantitative estimate of drug-likeness (QED) is 0.922. The van der Waals surface area contributed by atoms with Crippen LogP contribution in [0.1, 0.15) is 18.9 Å². The number of aromatic hydroxyl groups is 1. The van der Waals surface area contributed by atoms with E-state index in [1.807, 2.05) is 6.92 Å². The number of hydrogen-bond donors (Lipinski definition) is 1. The van der Waals surface area contributed by atoms with Crippen molar-refractivity contribution in [2.75, 3.05) is 17.2 Å². The van der Waals surface area contributed by atoms with E-state index in [4.69, 9.17) is 0 Å². The number of phenolic OH excluding ortho intramolecular Hbond substituents is 1. The summed E-state index contributed by atoms with van der Waals surface area (Å²) in [5.41, 5.74) is 1.73. The van der Waals surface area contributed by atoms with E-state index < -0.39 is 0 Å². The van der Waals surface area contributed by atoms with E-state index >= 15 is 0 Å². The van der Waals surface area contributed by atoms with Crippen LogP contribution in [0, 0.1) is 12.8 Å². The molecule has 1 atom stereocenters. The first-order chi connectivity index (χ1) is 8.97. The second kappa shape index (κ2) is 5.65. The smallest absolute Gasteiger partial charge is 0.227 e. The molecule has 1 amide bonds. The van der Waals surface area contributed by atoms with Crippen LogP contribution in [0.25, 0.3) is 0 Å². The van der Waals surface area contributed by atoms with E-state index in [-0.39, 0.29) is 22.7 Å². The zero-order valence-corrected chi connectivity index (χ0v) is 11.9. The Morgan fingerprint density at radius 2 is 2.26 bits per heavy atom. The number of hydrogen-bond acceptors (Lipinski definition) is 4. The maximum Gasteiger partial charge on any atom is 0.227 e. The zero-order chi connectivity index (χ0) is 14.0. The third-order valence-electron chi connectivity index (χ3n) is 3.21. The molecule has 2 rings (SSSR count). The van der Waals surface area contributed by atoms with Crippen LogP contribution >= 0.6 is 11.8 Å². The van der Waals surface area contributed by atoms with Gasteiger partial charge in [0, 0.05) is 31.7 Å². The van der Waals surface area contributed by atoms with Crippen molar-refractivity contribution >= 4 is 28.5 Å². The van der Waals surface area contributed by atoms with Gasteiger partial charge in [0.2, 0.25) is 5.91 Å². The molecule has 102 valence electrons. The summed E-state index contributed by atoms with van der Waals surface area (Å²) in [5.74, 6) is 1.09. The zero-order valence-electron chi connectivity index (χ0n) is 11.0. The minimum absolute atomic E-state index is 0.0582. The van der Waals surface area contributed by atoms with Crippen LogP contribution in [0.2, 0.25) is 0 Å². The van der Waals surface area contributed by atoms with Gasteiger partial charge in [-0.05, 0) is 24.5 Å². The lowest BCUT2D eigenvalue weighted by atomic mass is 10.1. The maximum absolute atomic E-state index is 12.0. The molecule has 4 nitrogen and oxygen atoms in total. The highest BCUT2D eigenvalue weighted by molar-refractivity contribution is 8.13. The largest absolute Gasteiger partial charge is 0.508 e. The molecule has 0 aliphatic carbocycles. The number of amides is 1. The first-order valence-corrected chi connectivity index (χ1v) is 7.19. The molecule has 1 unspecified atom stereocenters. The Labute approximate surface area is 116 Å². The van der Waals surface area contributed by atoms with Gasteiger partial charge in [-0.1, -0.05) is 17.8 Å². The third-order valence-corrected chi connectivity index (χ3v) is 4.26. The van der Waals surface area contributed by atoms with Gasteiger partial charge in [0.05, 0.1) is 5.69 Å². The molecule has 1 N–H and O–H groups in total. The molecule has 1 fully saturated rings. The Hall–Kier alpha value is -1.49. The number of rotatable bonds is 3. The number of aryl methyl sites for hydroxylation is 1. The molecule has 1 aromatic carbocycles. The first-order valence-electron chi connectivity index (χ1n) is 6.20. The standard InChI is InChI=1S/C14H17NO3S/c1-9-3-4-12(17)6-13(9)15-7-11(5-14(15)18)8-19-10(2)16/h3-4,6,11,17H,5,7-8H2,1-2H3. The lowest BCUT2D eigenvalue weighted by Crippen LogP contribution is -2.25. The Kier molecular flexibility index (Phi) is 4.14. The number of anilines is 1. The van der Waals surface area contributed by atoms with Gasteiger partial charge in [-0.3, -0.25) is 9.59 Å². The Bertz CT molecular complexity index is 515. The molecule has 1 aromatic rings. The summed E-state index contributed by atoms with van der Waals surface area (Å²) in [7, 11) is 0. The lowest BCUT2D eigenvalue weighted by molar-refractivity contribution is -0.117. The van der Waals surface area contributed by atoms with Crippen molar-refractivity contribution in [2.45, 2.75) is 20.3 Å². The first kappa shape index (κ1) is 13.9. The highest BCUT2D eigenvalue weighted by atomic mass is 32.2. The van der Waals surface area contributed by atoms with Crippen LogP contribution in [0.3, 0.4) is 0 Å². The molecule has 0 bridgehead atoms. The summed E-state index contributed by atoms with van der Waals surface area (Å²) < 4.78 is 0. The molecule has 0 radical (unpaired) electrons. The fourth-order valence-electron chi connectivity index (χ4n) is 2.25. The molecule has 1 aliphatic rings. The Morgan fingerprint density at radius 3 is 2.95 bits per heavy atom. The lowest BCUT2D eigenvalue weighted by Gasteiger charge is -2.19.